The van der Waals surface area contributed by atoms with Crippen LogP contribution in [0.2, 0.25) is 0 Å². The molecule has 114 valence electrons. The van der Waals surface area contributed by atoms with Gasteiger partial charge >= 0.3 is 6.61 Å². The van der Waals surface area contributed by atoms with E-state index in [9.17, 15) is 22.4 Å². The van der Waals surface area contributed by atoms with E-state index in [4.69, 9.17) is 0 Å². The summed E-state index contributed by atoms with van der Waals surface area (Å²) in [6.07, 6.45) is 2.21. The van der Waals surface area contributed by atoms with Gasteiger partial charge in [0.25, 0.3) is 0 Å². The molecule has 2 rings (SSSR count). The van der Waals surface area contributed by atoms with E-state index in [-0.39, 0.29) is 16.9 Å². The molecule has 0 spiro atoms. The highest BCUT2D eigenvalue weighted by atomic mass is 19.3. The molecule has 22 heavy (non-hydrogen) atoms. The highest BCUT2D eigenvalue weighted by Crippen LogP contribution is 2.16. The van der Waals surface area contributed by atoms with Gasteiger partial charge in [0.15, 0.2) is 5.78 Å². The van der Waals surface area contributed by atoms with Gasteiger partial charge in [-0.3, -0.25) is 4.79 Å². The summed E-state index contributed by atoms with van der Waals surface area (Å²) in [5.74, 6) is -1.84. The maximum atomic E-state index is 13.4. The summed E-state index contributed by atoms with van der Waals surface area (Å²) in [7, 11) is 0. The molecule has 0 unspecified atom stereocenters. The molecule has 0 radical (unpaired) electrons. The minimum Gasteiger partial charge on any atom is -0.435 e. The molecule has 2 aromatic carbocycles. The van der Waals surface area contributed by atoms with Gasteiger partial charge in [0.2, 0.25) is 0 Å². The van der Waals surface area contributed by atoms with E-state index in [1.54, 1.807) is 0 Å². The van der Waals surface area contributed by atoms with Crippen LogP contribution in [0.25, 0.3) is 6.08 Å². The number of benzene rings is 2. The number of allylic oxidation sites excluding steroid dienone is 1. The van der Waals surface area contributed by atoms with Crippen molar-refractivity contribution in [3.63, 3.8) is 0 Å². The molecule has 0 aliphatic rings. The molecule has 0 atom stereocenters. The number of carbonyl (C=O) groups is 1. The van der Waals surface area contributed by atoms with Crippen molar-refractivity contribution in [2.75, 3.05) is 0 Å². The molecule has 0 bridgehead atoms. The normalized spacial score (nSPS) is 11.1. The van der Waals surface area contributed by atoms with E-state index in [0.717, 1.165) is 30.4 Å². The summed E-state index contributed by atoms with van der Waals surface area (Å²) in [6.45, 7) is -2.95. The number of hydrogen-bond donors (Lipinski definition) is 0. The first-order chi connectivity index (χ1) is 10.5. The molecule has 0 N–H and O–H groups in total. The van der Waals surface area contributed by atoms with Gasteiger partial charge in [-0.25, -0.2) is 8.78 Å². The summed E-state index contributed by atoms with van der Waals surface area (Å²) in [4.78, 5) is 11.9. The number of ether oxygens (including phenoxy) is 1. The van der Waals surface area contributed by atoms with Crippen molar-refractivity contribution >= 4 is 11.9 Å². The summed E-state index contributed by atoms with van der Waals surface area (Å²) < 4.78 is 54.5. The highest BCUT2D eigenvalue weighted by Gasteiger charge is 2.07. The lowest BCUT2D eigenvalue weighted by molar-refractivity contribution is -0.0498. The Hall–Kier alpha value is -2.63. The van der Waals surface area contributed by atoms with Crippen LogP contribution in [0.3, 0.4) is 0 Å². The van der Waals surface area contributed by atoms with Crippen LogP contribution in [0.5, 0.6) is 5.75 Å². The third-order valence-corrected chi connectivity index (χ3v) is 2.74. The average Bonchev–Trinajstić information content (AvgIpc) is 2.48. The molecule has 0 saturated heterocycles. The number of hydrogen-bond acceptors (Lipinski definition) is 2. The second-order valence-electron chi connectivity index (χ2n) is 4.27. The Kier molecular flexibility index (Phi) is 4.93. The number of carbonyl (C=O) groups excluding carboxylic acids is 1. The molecule has 6 heteroatoms. The Morgan fingerprint density at radius 2 is 1.73 bits per heavy atom. The third kappa shape index (κ3) is 4.18. The van der Waals surface area contributed by atoms with Crippen LogP contribution in [0.1, 0.15) is 15.9 Å². The molecule has 0 aromatic heterocycles. The van der Waals surface area contributed by atoms with Crippen molar-refractivity contribution in [1.82, 2.24) is 0 Å². The first-order valence-electron chi connectivity index (χ1n) is 6.18. The highest BCUT2D eigenvalue weighted by molar-refractivity contribution is 6.06. The predicted molar refractivity (Wildman–Crippen MR) is 72.8 cm³/mol. The second kappa shape index (κ2) is 6.89. The van der Waals surface area contributed by atoms with Crippen LogP contribution >= 0.6 is 0 Å². The lowest BCUT2D eigenvalue weighted by atomic mass is 10.1. The number of ketones is 1. The molecule has 0 aliphatic heterocycles. The van der Waals surface area contributed by atoms with Gasteiger partial charge in [0.05, 0.1) is 0 Å². The predicted octanol–water partition coefficient (Wildman–Crippen LogP) is 4.46. The summed E-state index contributed by atoms with van der Waals surface area (Å²) in [5.41, 5.74) is 0.140. The summed E-state index contributed by atoms with van der Waals surface area (Å²) >= 11 is 0. The largest absolute Gasteiger partial charge is 0.435 e. The summed E-state index contributed by atoms with van der Waals surface area (Å²) in [6, 6.07) is 7.91. The molecular formula is C16H10F4O2. The van der Waals surface area contributed by atoms with Crippen LogP contribution in [-0.2, 0) is 0 Å². The molecule has 0 fully saturated rings. The molecule has 0 amide bonds. The van der Waals surface area contributed by atoms with Crippen LogP contribution in [0, 0.1) is 11.6 Å². The lowest BCUT2D eigenvalue weighted by Gasteiger charge is -2.04. The molecule has 0 saturated carbocycles. The van der Waals surface area contributed by atoms with Gasteiger partial charge in [0.1, 0.15) is 17.4 Å². The molecule has 2 nitrogen and oxygen atoms in total. The fourth-order valence-electron chi connectivity index (χ4n) is 1.70. The Balaban J connectivity index is 2.11. The van der Waals surface area contributed by atoms with E-state index in [1.807, 2.05) is 0 Å². The zero-order valence-electron chi connectivity index (χ0n) is 11.1. The number of rotatable bonds is 5. The minimum absolute atomic E-state index is 0.0639. The van der Waals surface area contributed by atoms with Crippen molar-refractivity contribution < 1.29 is 27.1 Å². The molecule has 0 heterocycles. The monoisotopic (exact) mass is 310 g/mol. The first kappa shape index (κ1) is 15.8. The van der Waals surface area contributed by atoms with Gasteiger partial charge in [-0.05, 0) is 54.6 Å². The van der Waals surface area contributed by atoms with Crippen LogP contribution in [-0.4, -0.2) is 12.4 Å². The lowest BCUT2D eigenvalue weighted by Crippen LogP contribution is -2.02. The zero-order chi connectivity index (χ0) is 16.1. The fraction of sp³-hybridized carbons (Fsp3) is 0.0625. The van der Waals surface area contributed by atoms with Gasteiger partial charge in [-0.15, -0.1) is 0 Å². The Labute approximate surface area is 123 Å². The fourth-order valence-corrected chi connectivity index (χ4v) is 1.70. The number of alkyl halides is 2. The maximum absolute atomic E-state index is 13.4. The Morgan fingerprint density at radius 3 is 2.36 bits per heavy atom. The van der Waals surface area contributed by atoms with Crippen molar-refractivity contribution in [1.29, 1.82) is 0 Å². The van der Waals surface area contributed by atoms with E-state index in [2.05, 4.69) is 4.74 Å². The van der Waals surface area contributed by atoms with Crippen LogP contribution in [0.4, 0.5) is 17.6 Å². The third-order valence-electron chi connectivity index (χ3n) is 2.74. The second-order valence-corrected chi connectivity index (χ2v) is 4.27. The summed E-state index contributed by atoms with van der Waals surface area (Å²) in [5, 5.41) is 0. The van der Waals surface area contributed by atoms with Crippen molar-refractivity contribution in [2.45, 2.75) is 6.61 Å². The van der Waals surface area contributed by atoms with Gasteiger partial charge in [0, 0.05) is 11.1 Å². The van der Waals surface area contributed by atoms with Gasteiger partial charge in [-0.1, -0.05) is 0 Å². The molecule has 0 aliphatic carbocycles. The average molecular weight is 310 g/mol. The van der Waals surface area contributed by atoms with Crippen LogP contribution in [0.15, 0.2) is 48.5 Å². The topological polar surface area (TPSA) is 26.3 Å². The smallest absolute Gasteiger partial charge is 0.387 e. The Bertz CT molecular complexity index is 694. The van der Waals surface area contributed by atoms with Crippen molar-refractivity contribution in [3.05, 3.63) is 71.3 Å². The molecule has 2 aromatic rings. The van der Waals surface area contributed by atoms with Crippen molar-refractivity contribution in [3.8, 4) is 5.75 Å². The SMILES string of the molecule is O=C(C=Cc1cc(F)ccc1F)c1ccc(OC(F)F)cc1. The van der Waals surface area contributed by atoms with E-state index < -0.39 is 24.0 Å². The number of halogens is 4. The van der Waals surface area contributed by atoms with Gasteiger partial charge < -0.3 is 4.74 Å². The van der Waals surface area contributed by atoms with E-state index in [0.29, 0.717) is 0 Å². The quantitative estimate of drug-likeness (QED) is 0.463. The van der Waals surface area contributed by atoms with Crippen molar-refractivity contribution in [2.24, 2.45) is 0 Å². The standard InChI is InChI=1S/C16H10F4O2/c17-12-4-7-14(18)11(9-12)3-8-15(21)10-1-5-13(6-2-10)22-16(19)20/h1-9,16H. The van der Waals surface area contributed by atoms with E-state index in [1.165, 1.54) is 24.3 Å². The minimum atomic E-state index is -2.95. The van der Waals surface area contributed by atoms with Crippen LogP contribution < -0.4 is 4.74 Å². The first-order valence-corrected chi connectivity index (χ1v) is 6.18. The van der Waals surface area contributed by atoms with E-state index >= 15 is 0 Å². The zero-order valence-corrected chi connectivity index (χ0v) is 11.1. The molecular weight excluding hydrogens is 300 g/mol. The maximum Gasteiger partial charge on any atom is 0.387 e. The van der Waals surface area contributed by atoms with Gasteiger partial charge in [-0.2, -0.15) is 8.78 Å². The Morgan fingerprint density at radius 1 is 1.05 bits per heavy atom.